The number of ether oxygens (including phenoxy) is 1. The molecule has 2 rings (SSSR count). The van der Waals surface area contributed by atoms with Gasteiger partial charge in [0.25, 0.3) is 5.91 Å². The largest absolute Gasteiger partial charge is 0.465 e. The summed E-state index contributed by atoms with van der Waals surface area (Å²) in [4.78, 5) is 23.7. The van der Waals surface area contributed by atoms with Gasteiger partial charge in [-0.2, -0.15) is 8.78 Å². The molecule has 2 aromatic rings. The number of halogens is 4. The topological polar surface area (TPSA) is 81.4 Å². The van der Waals surface area contributed by atoms with Crippen LogP contribution in [0.25, 0.3) is 11.3 Å². The maximum atomic E-state index is 13.5. The molecule has 1 amide bonds. The number of nitrogens with one attached hydrogen (secondary N) is 1. The first kappa shape index (κ1) is 19.3. The van der Waals surface area contributed by atoms with Gasteiger partial charge in [-0.15, -0.1) is 0 Å². The van der Waals surface area contributed by atoms with Crippen LogP contribution in [0.2, 0.25) is 0 Å². The Morgan fingerprint density at radius 2 is 2.00 bits per heavy atom. The number of alkyl halides is 3. The summed E-state index contributed by atoms with van der Waals surface area (Å²) in [6.07, 6.45) is 0. The maximum absolute atomic E-state index is 13.5. The Morgan fingerprint density at radius 3 is 2.56 bits per heavy atom. The number of esters is 1. The molecule has 0 spiro atoms. The van der Waals surface area contributed by atoms with Crippen molar-refractivity contribution in [2.24, 2.45) is 0 Å². The fourth-order valence-corrected chi connectivity index (χ4v) is 2.35. The lowest BCUT2D eigenvalue weighted by molar-refractivity contribution is -0.141. The minimum absolute atomic E-state index is 0.121. The van der Waals surface area contributed by atoms with Gasteiger partial charge >= 0.3 is 11.4 Å². The molecule has 0 saturated heterocycles. The van der Waals surface area contributed by atoms with Crippen LogP contribution >= 0.6 is 27.5 Å². The van der Waals surface area contributed by atoms with Gasteiger partial charge in [0.2, 0.25) is 5.76 Å². The molecule has 0 aliphatic rings. The molecular formula is C15H12BrClF2N2O4. The third-order valence-corrected chi connectivity index (χ3v) is 3.69. The highest BCUT2D eigenvalue weighted by molar-refractivity contribution is 9.10. The van der Waals surface area contributed by atoms with E-state index in [0.717, 1.165) is 4.47 Å². The van der Waals surface area contributed by atoms with E-state index in [2.05, 4.69) is 35.7 Å². The van der Waals surface area contributed by atoms with E-state index in [9.17, 15) is 18.4 Å². The summed E-state index contributed by atoms with van der Waals surface area (Å²) in [5.74, 6) is -2.80. The third kappa shape index (κ3) is 4.76. The Hall–Kier alpha value is -2.00. The van der Waals surface area contributed by atoms with Crippen molar-refractivity contribution in [2.45, 2.75) is 12.3 Å². The van der Waals surface area contributed by atoms with Gasteiger partial charge in [0, 0.05) is 10.0 Å². The lowest BCUT2D eigenvalue weighted by Gasteiger charge is -2.09. The highest BCUT2D eigenvalue weighted by atomic mass is 79.9. The standard InChI is InChI=1S/C15H12BrClF2N2O4/c1-2-24-10(22)7-20-14(23)11-12(8-3-5-9(16)6-4-8)21-25-13(11)15(17,18)19/h3-6H,2,7H2,1H3,(H,20,23). The minimum atomic E-state index is -3.95. The van der Waals surface area contributed by atoms with Crippen LogP contribution in [0.15, 0.2) is 33.3 Å². The summed E-state index contributed by atoms with van der Waals surface area (Å²) >= 11 is 8.24. The number of hydrogen-bond donors (Lipinski definition) is 1. The fourth-order valence-electron chi connectivity index (χ4n) is 1.95. The molecule has 10 heteroatoms. The molecule has 1 aromatic carbocycles. The van der Waals surface area contributed by atoms with E-state index in [1.807, 2.05) is 0 Å². The molecule has 0 atom stereocenters. The predicted molar refractivity (Wildman–Crippen MR) is 88.4 cm³/mol. The van der Waals surface area contributed by atoms with Gasteiger partial charge < -0.3 is 14.6 Å². The molecule has 0 radical (unpaired) electrons. The highest BCUT2D eigenvalue weighted by Gasteiger charge is 2.40. The molecule has 0 aliphatic heterocycles. The summed E-state index contributed by atoms with van der Waals surface area (Å²) in [7, 11) is 0. The first-order valence-corrected chi connectivity index (χ1v) is 8.17. The molecule has 1 N–H and O–H groups in total. The zero-order valence-electron chi connectivity index (χ0n) is 12.8. The van der Waals surface area contributed by atoms with Crippen molar-refractivity contribution in [1.82, 2.24) is 10.5 Å². The Kier molecular flexibility index (Phi) is 6.12. The van der Waals surface area contributed by atoms with Gasteiger partial charge in [-0.3, -0.25) is 9.59 Å². The normalized spacial score (nSPS) is 11.2. The molecule has 0 saturated carbocycles. The SMILES string of the molecule is CCOC(=O)CNC(=O)c1c(-c2ccc(Br)cc2)noc1C(F)(F)Cl. The minimum Gasteiger partial charge on any atom is -0.465 e. The molecule has 0 fully saturated rings. The van der Waals surface area contributed by atoms with E-state index in [1.54, 1.807) is 31.2 Å². The molecule has 25 heavy (non-hydrogen) atoms. The fraction of sp³-hybridized carbons (Fsp3) is 0.267. The number of carbonyl (C=O) groups excluding carboxylic acids is 2. The summed E-state index contributed by atoms with van der Waals surface area (Å²) in [6.45, 7) is 1.22. The van der Waals surface area contributed by atoms with E-state index in [4.69, 9.17) is 11.6 Å². The molecule has 0 aliphatic carbocycles. The quantitative estimate of drug-likeness (QED) is 0.551. The van der Waals surface area contributed by atoms with Crippen molar-refractivity contribution in [2.75, 3.05) is 13.2 Å². The number of aromatic nitrogens is 1. The van der Waals surface area contributed by atoms with E-state index in [0.29, 0.717) is 5.56 Å². The Morgan fingerprint density at radius 1 is 1.36 bits per heavy atom. The Bertz CT molecular complexity index is 775. The summed E-state index contributed by atoms with van der Waals surface area (Å²) < 4.78 is 37.1. The Balaban J connectivity index is 2.39. The maximum Gasteiger partial charge on any atom is 0.383 e. The van der Waals surface area contributed by atoms with Crippen LogP contribution in [0.3, 0.4) is 0 Å². The highest BCUT2D eigenvalue weighted by Crippen LogP contribution is 2.38. The van der Waals surface area contributed by atoms with Crippen LogP contribution < -0.4 is 5.32 Å². The van der Waals surface area contributed by atoms with Gasteiger partial charge in [0.15, 0.2) is 0 Å². The average Bonchev–Trinajstić information content (AvgIpc) is 2.99. The van der Waals surface area contributed by atoms with Crippen molar-refractivity contribution < 1.29 is 27.6 Å². The van der Waals surface area contributed by atoms with Gasteiger partial charge in [-0.1, -0.05) is 33.2 Å². The average molecular weight is 438 g/mol. The molecule has 0 unspecified atom stereocenters. The number of benzene rings is 1. The van der Waals surface area contributed by atoms with Crippen molar-refractivity contribution in [3.63, 3.8) is 0 Å². The molecule has 1 heterocycles. The van der Waals surface area contributed by atoms with E-state index >= 15 is 0 Å². The van der Waals surface area contributed by atoms with Crippen molar-refractivity contribution >= 4 is 39.4 Å². The van der Waals surface area contributed by atoms with Crippen LogP contribution in [0.1, 0.15) is 23.0 Å². The van der Waals surface area contributed by atoms with Crippen molar-refractivity contribution in [1.29, 1.82) is 0 Å². The van der Waals surface area contributed by atoms with Gasteiger partial charge in [0.1, 0.15) is 17.8 Å². The lowest BCUT2D eigenvalue weighted by Crippen LogP contribution is -2.31. The third-order valence-electron chi connectivity index (χ3n) is 2.99. The van der Waals surface area contributed by atoms with Gasteiger partial charge in [-0.05, 0) is 30.7 Å². The van der Waals surface area contributed by atoms with E-state index < -0.39 is 35.1 Å². The van der Waals surface area contributed by atoms with Crippen molar-refractivity contribution in [3.05, 3.63) is 40.1 Å². The summed E-state index contributed by atoms with van der Waals surface area (Å²) in [5.41, 5.74) is -0.309. The second-order valence-corrected chi connectivity index (χ2v) is 6.12. The monoisotopic (exact) mass is 436 g/mol. The van der Waals surface area contributed by atoms with Crippen LogP contribution in [0.4, 0.5) is 8.78 Å². The van der Waals surface area contributed by atoms with Crippen LogP contribution in [-0.2, 0) is 14.9 Å². The number of nitrogens with zero attached hydrogens (tertiary/aromatic N) is 1. The van der Waals surface area contributed by atoms with Crippen LogP contribution in [-0.4, -0.2) is 30.2 Å². The van der Waals surface area contributed by atoms with E-state index in [-0.39, 0.29) is 12.3 Å². The molecule has 1 aromatic heterocycles. The lowest BCUT2D eigenvalue weighted by atomic mass is 10.1. The number of amides is 1. The smallest absolute Gasteiger partial charge is 0.383 e. The number of carbonyl (C=O) groups is 2. The summed E-state index contributed by atoms with van der Waals surface area (Å²) in [5, 5.41) is 1.78. The van der Waals surface area contributed by atoms with E-state index in [1.165, 1.54) is 0 Å². The number of hydrogen-bond acceptors (Lipinski definition) is 5. The molecule has 6 nitrogen and oxygen atoms in total. The zero-order valence-corrected chi connectivity index (χ0v) is 15.2. The van der Waals surface area contributed by atoms with Crippen LogP contribution in [0.5, 0.6) is 0 Å². The predicted octanol–water partition coefficient (Wildman–Crippen LogP) is 3.69. The van der Waals surface area contributed by atoms with Crippen LogP contribution in [0, 0.1) is 0 Å². The van der Waals surface area contributed by atoms with Gasteiger partial charge in [-0.25, -0.2) is 0 Å². The second-order valence-electron chi connectivity index (χ2n) is 4.73. The zero-order chi connectivity index (χ0) is 18.6. The molecular weight excluding hydrogens is 426 g/mol. The number of rotatable bonds is 6. The molecule has 0 bridgehead atoms. The first-order chi connectivity index (χ1) is 11.7. The summed E-state index contributed by atoms with van der Waals surface area (Å²) in [6, 6.07) is 6.39. The Labute approximate surface area is 154 Å². The van der Waals surface area contributed by atoms with Gasteiger partial charge in [0.05, 0.1) is 6.61 Å². The second kappa shape index (κ2) is 7.92. The first-order valence-electron chi connectivity index (χ1n) is 7.00. The molecule has 134 valence electrons. The van der Waals surface area contributed by atoms with Crippen molar-refractivity contribution in [3.8, 4) is 11.3 Å².